The lowest BCUT2D eigenvalue weighted by Crippen LogP contribution is -2.48. The van der Waals surface area contributed by atoms with Crippen LogP contribution >= 0.6 is 0 Å². The quantitative estimate of drug-likeness (QED) is 0.210. The Morgan fingerprint density at radius 2 is 0.984 bits per heavy atom. The van der Waals surface area contributed by atoms with Gasteiger partial charge in [0.1, 0.15) is 34.4 Å². The molecule has 16 nitrogen and oxygen atoms in total. The second-order valence-electron chi connectivity index (χ2n) is 20.5. The summed E-state index contributed by atoms with van der Waals surface area (Å²) in [6.07, 6.45) is -1.50. The Kier molecular flexibility index (Phi) is 21.3. The van der Waals surface area contributed by atoms with Gasteiger partial charge in [-0.05, 0) is 115 Å². The Balaban J connectivity index is 0.000000415. The fourth-order valence-corrected chi connectivity index (χ4v) is 6.53. The lowest BCUT2D eigenvalue weighted by Gasteiger charge is -2.33. The first-order valence-corrected chi connectivity index (χ1v) is 24.8. The second-order valence-corrected chi connectivity index (χ2v) is 24.9. The van der Waals surface area contributed by atoms with Gasteiger partial charge < -0.3 is 48.1 Å². The first-order valence-electron chi connectivity index (χ1n) is 21.3. The van der Waals surface area contributed by atoms with Crippen LogP contribution in [0.25, 0.3) is 0 Å². The van der Waals surface area contributed by atoms with Crippen molar-refractivity contribution in [3.63, 3.8) is 0 Å². The molecule has 3 unspecified atom stereocenters. The number of aliphatic hydroxyl groups excluding tert-OH is 1. The van der Waals surface area contributed by atoms with Crippen LogP contribution in [0.2, 0.25) is 19.6 Å². The molecule has 0 spiro atoms. The molecule has 4 heterocycles. The summed E-state index contributed by atoms with van der Waals surface area (Å²) in [6, 6.07) is 0. The van der Waals surface area contributed by atoms with Gasteiger partial charge in [-0.3, -0.25) is 9.59 Å². The van der Waals surface area contributed by atoms with Crippen molar-refractivity contribution in [2.75, 3.05) is 52.4 Å². The zero-order valence-electron chi connectivity index (χ0n) is 40.0. The molecule has 19 heteroatoms. The van der Waals surface area contributed by atoms with E-state index in [1.807, 2.05) is 47.6 Å². The number of carbonyl (C=O) groups is 6. The first kappa shape index (κ1) is 56.0. The molecule has 358 valence electrons. The smallest absolute Gasteiger partial charge is 0.410 e. The Labute approximate surface area is 369 Å². The molecule has 0 radical (unpaired) electrons. The summed E-state index contributed by atoms with van der Waals surface area (Å²) < 4.78 is 52.8. The zero-order chi connectivity index (χ0) is 48.0. The first-order chi connectivity index (χ1) is 28.0. The summed E-state index contributed by atoms with van der Waals surface area (Å²) >= 11 is 0. The third-order valence-electron chi connectivity index (χ3n) is 8.40. The fourth-order valence-electron chi connectivity index (χ4n) is 5.56. The van der Waals surface area contributed by atoms with Crippen LogP contribution in [0.3, 0.4) is 0 Å². The highest BCUT2D eigenvalue weighted by molar-refractivity contribution is 6.70. The SMILES string of the molecule is CC(C)(C)OC(=O)N1CC=C(O[Si](C)(C)C)CC1.CC(C)(C)OC(=O)N1CCC(=O)C(F)C1.CC(C)(C)OC(=O)N1CCC(=O)CC1.CC(C)(C)OC(=O)N1CCC(O)C(F)C1. The van der Waals surface area contributed by atoms with E-state index in [0.717, 1.165) is 12.2 Å². The number of piperidine rings is 3. The highest BCUT2D eigenvalue weighted by Gasteiger charge is 2.34. The van der Waals surface area contributed by atoms with Gasteiger partial charge in [-0.25, -0.2) is 28.0 Å². The van der Waals surface area contributed by atoms with Crippen LogP contribution in [0.4, 0.5) is 28.0 Å². The van der Waals surface area contributed by atoms with Crippen LogP contribution in [0.15, 0.2) is 11.8 Å². The number of Topliss-reactive ketones (excluding diaryl/α,β-unsaturated/α-hetero) is 2. The molecule has 0 aromatic rings. The monoisotopic (exact) mass is 907 g/mol. The van der Waals surface area contributed by atoms with Crippen molar-refractivity contribution in [1.82, 2.24) is 19.6 Å². The molecule has 0 aromatic heterocycles. The minimum absolute atomic E-state index is 0.0699. The van der Waals surface area contributed by atoms with Gasteiger partial charge in [-0.1, -0.05) is 0 Å². The minimum Gasteiger partial charge on any atom is -0.547 e. The van der Waals surface area contributed by atoms with E-state index in [0.29, 0.717) is 45.6 Å². The minimum atomic E-state index is -1.56. The molecule has 0 saturated carbocycles. The molecule has 4 rings (SSSR count). The summed E-state index contributed by atoms with van der Waals surface area (Å²) in [4.78, 5) is 74.0. The molecule has 4 amide bonds. The van der Waals surface area contributed by atoms with Gasteiger partial charge >= 0.3 is 24.4 Å². The van der Waals surface area contributed by atoms with Gasteiger partial charge in [0.05, 0.1) is 25.0 Å². The number of aliphatic hydroxyl groups is 1. The number of halogens is 2. The van der Waals surface area contributed by atoms with Crippen molar-refractivity contribution < 1.29 is 66.0 Å². The molecule has 0 bridgehead atoms. The van der Waals surface area contributed by atoms with E-state index in [9.17, 15) is 37.5 Å². The maximum absolute atomic E-state index is 13.1. The van der Waals surface area contributed by atoms with Crippen molar-refractivity contribution in [2.24, 2.45) is 0 Å². The van der Waals surface area contributed by atoms with E-state index in [2.05, 4.69) is 19.6 Å². The van der Waals surface area contributed by atoms with E-state index in [1.54, 1.807) is 51.3 Å². The Hall–Kier alpha value is -4.00. The Bertz CT molecular complexity index is 1540. The highest BCUT2D eigenvalue weighted by Crippen LogP contribution is 2.21. The molecule has 0 aliphatic carbocycles. The van der Waals surface area contributed by atoms with Gasteiger partial charge in [0, 0.05) is 65.0 Å². The molecule has 4 aliphatic rings. The average molecular weight is 907 g/mol. The number of ketones is 2. The molecule has 3 fully saturated rings. The molecule has 0 aromatic carbocycles. The van der Waals surface area contributed by atoms with Gasteiger partial charge in [0.15, 0.2) is 12.0 Å². The molecular weight excluding hydrogens is 831 g/mol. The molecule has 3 atom stereocenters. The van der Waals surface area contributed by atoms with Gasteiger partial charge in [-0.2, -0.15) is 0 Å². The Morgan fingerprint density at radius 1 is 0.597 bits per heavy atom. The molecular formula is C43H76F2N4O12Si. The maximum atomic E-state index is 13.1. The standard InChI is InChI=1S/C13H25NO3Si.C10H18FNO3.C10H16FNO3.C10H17NO3/c1-13(2,3)16-12(15)14-9-7-11(8-10-14)17-18(4,5)6;2*1-10(2,3)15-9(14)12-5-4-8(13)7(11)6-12;1-10(2,3)14-9(13)11-6-4-8(12)5-7-11/h7H,8-10H2,1-6H3;7-8,13H,4-6H2,1-3H3;7H,4-6H2,1-3H3;4-7H2,1-3H3. The number of likely N-dealkylation sites (tertiary alicyclic amines) is 3. The highest BCUT2D eigenvalue weighted by atomic mass is 28.4. The van der Waals surface area contributed by atoms with Crippen molar-refractivity contribution in [3.8, 4) is 0 Å². The topological polar surface area (TPSA) is 182 Å². The number of rotatable bonds is 2. The number of hydrogen-bond donors (Lipinski definition) is 1. The molecule has 1 N–H and O–H groups in total. The summed E-state index contributed by atoms with van der Waals surface area (Å²) in [5.41, 5.74) is -2.06. The van der Waals surface area contributed by atoms with Crippen LogP contribution < -0.4 is 0 Å². The number of nitrogens with zero attached hydrogens (tertiary/aromatic N) is 4. The van der Waals surface area contributed by atoms with E-state index < -0.39 is 67.1 Å². The molecule has 3 saturated heterocycles. The molecule has 62 heavy (non-hydrogen) atoms. The van der Waals surface area contributed by atoms with Crippen molar-refractivity contribution in [3.05, 3.63) is 11.8 Å². The molecule has 4 aliphatic heterocycles. The fraction of sp³-hybridized carbons (Fsp3) is 0.814. The summed E-state index contributed by atoms with van der Waals surface area (Å²) in [6.45, 7) is 30.7. The largest absolute Gasteiger partial charge is 0.547 e. The lowest BCUT2D eigenvalue weighted by atomic mass is 10.1. The summed E-state index contributed by atoms with van der Waals surface area (Å²) in [7, 11) is -1.54. The van der Waals surface area contributed by atoms with E-state index in [1.165, 1.54) is 9.80 Å². The van der Waals surface area contributed by atoms with Gasteiger partial charge in [-0.15, -0.1) is 0 Å². The number of ether oxygens (including phenoxy) is 4. The number of alkyl halides is 2. The zero-order valence-corrected chi connectivity index (χ0v) is 41.0. The van der Waals surface area contributed by atoms with Crippen LogP contribution in [-0.4, -0.2) is 162 Å². The predicted octanol–water partition coefficient (Wildman–Crippen LogP) is 7.81. The summed E-state index contributed by atoms with van der Waals surface area (Å²) in [5, 5.41) is 9.16. The van der Waals surface area contributed by atoms with Gasteiger partial charge in [0.2, 0.25) is 8.32 Å². The number of amides is 4. The van der Waals surface area contributed by atoms with Gasteiger partial charge in [0.25, 0.3) is 0 Å². The third kappa shape index (κ3) is 24.6. The van der Waals surface area contributed by atoms with E-state index in [4.69, 9.17) is 28.5 Å². The van der Waals surface area contributed by atoms with E-state index in [-0.39, 0.29) is 50.4 Å². The summed E-state index contributed by atoms with van der Waals surface area (Å²) in [5.74, 6) is 0.814. The third-order valence-corrected chi connectivity index (χ3v) is 9.27. The normalized spacial score (nSPS) is 21.3. The van der Waals surface area contributed by atoms with Crippen LogP contribution in [-0.2, 0) is 33.0 Å². The van der Waals surface area contributed by atoms with Crippen molar-refractivity contribution >= 4 is 44.3 Å². The van der Waals surface area contributed by atoms with Crippen LogP contribution in [0.5, 0.6) is 0 Å². The Morgan fingerprint density at radius 3 is 1.35 bits per heavy atom. The van der Waals surface area contributed by atoms with Crippen molar-refractivity contribution in [1.29, 1.82) is 0 Å². The van der Waals surface area contributed by atoms with Crippen molar-refractivity contribution in [2.45, 2.75) is 176 Å². The van der Waals surface area contributed by atoms with Crippen LogP contribution in [0, 0.1) is 0 Å². The van der Waals surface area contributed by atoms with E-state index >= 15 is 0 Å². The number of hydrogen-bond acceptors (Lipinski definition) is 12. The predicted molar refractivity (Wildman–Crippen MR) is 233 cm³/mol. The maximum Gasteiger partial charge on any atom is 0.410 e. The van der Waals surface area contributed by atoms with Crippen LogP contribution in [0.1, 0.15) is 115 Å². The second kappa shape index (κ2) is 23.6. The average Bonchev–Trinajstić information content (AvgIpc) is 3.08. The lowest BCUT2D eigenvalue weighted by molar-refractivity contribution is -0.127. The number of carbonyl (C=O) groups excluding carboxylic acids is 6.